The molecule has 1 aliphatic heterocycles. The number of hydrogen-bond donors (Lipinski definition) is 2. The summed E-state index contributed by atoms with van der Waals surface area (Å²) in [5.41, 5.74) is 7.76. The first-order valence-corrected chi connectivity index (χ1v) is 15.0. The van der Waals surface area contributed by atoms with Gasteiger partial charge in [-0.25, -0.2) is 8.42 Å². The van der Waals surface area contributed by atoms with E-state index in [0.29, 0.717) is 25.6 Å². The number of benzene rings is 2. The summed E-state index contributed by atoms with van der Waals surface area (Å²) in [5.74, 6) is 1.29. The summed E-state index contributed by atoms with van der Waals surface area (Å²) in [6.45, 7) is 7.91. The zero-order valence-corrected chi connectivity index (χ0v) is 23.7. The van der Waals surface area contributed by atoms with E-state index in [1.54, 1.807) is 38.1 Å². The van der Waals surface area contributed by atoms with E-state index in [-0.39, 0.29) is 31.2 Å². The number of aryl methyl sites for hydroxylation is 1. The molecule has 0 fully saturated rings. The Balaban J connectivity index is 1.92. The molecule has 2 atom stereocenters. The first-order valence-electron chi connectivity index (χ1n) is 12.3. The summed E-state index contributed by atoms with van der Waals surface area (Å²) in [5, 5.41) is 9.96. The third kappa shape index (κ3) is 6.90. The number of nitrogens with two attached hydrogens (primary N) is 1. The van der Waals surface area contributed by atoms with Crippen LogP contribution in [0, 0.1) is 12.3 Å². The van der Waals surface area contributed by atoms with Gasteiger partial charge >= 0.3 is 5.97 Å². The lowest BCUT2D eigenvalue weighted by Crippen LogP contribution is -2.34. The van der Waals surface area contributed by atoms with Gasteiger partial charge in [-0.3, -0.25) is 4.79 Å². The number of hydrogen-bond acceptors (Lipinski definition) is 6. The molecule has 37 heavy (non-hydrogen) atoms. The van der Waals surface area contributed by atoms with Crippen LogP contribution in [0.1, 0.15) is 50.0 Å². The molecule has 0 saturated carbocycles. The van der Waals surface area contributed by atoms with E-state index in [2.05, 4.69) is 6.92 Å². The summed E-state index contributed by atoms with van der Waals surface area (Å²) in [7, 11) is -3.19. The van der Waals surface area contributed by atoms with Crippen LogP contribution in [0.4, 0.5) is 0 Å². The highest BCUT2D eigenvalue weighted by Gasteiger charge is 2.39. The zero-order chi connectivity index (χ0) is 27.2. The molecule has 0 radical (unpaired) electrons. The highest BCUT2D eigenvalue weighted by atomic mass is 32.2. The summed E-state index contributed by atoms with van der Waals surface area (Å²) < 4.78 is 40.0. The minimum atomic E-state index is -3.78. The molecule has 2 aromatic rings. The average molecular weight is 549 g/mol. The van der Waals surface area contributed by atoms with E-state index in [1.165, 1.54) is 4.31 Å². The van der Waals surface area contributed by atoms with Crippen LogP contribution in [0.2, 0.25) is 0 Å². The smallest absolute Gasteiger partial charge is 0.312 e. The Morgan fingerprint density at radius 1 is 1.30 bits per heavy atom. The van der Waals surface area contributed by atoms with Crippen LogP contribution in [-0.4, -0.2) is 49.7 Å². The lowest BCUT2D eigenvalue weighted by Gasteiger charge is -2.31. The van der Waals surface area contributed by atoms with Crippen molar-refractivity contribution in [3.63, 3.8) is 0 Å². The Kier molecular flexibility index (Phi) is 9.75. The van der Waals surface area contributed by atoms with Crippen molar-refractivity contribution >= 4 is 24.6 Å². The number of aliphatic carboxylic acids is 1. The van der Waals surface area contributed by atoms with E-state index in [0.717, 1.165) is 23.7 Å². The van der Waals surface area contributed by atoms with Crippen LogP contribution in [-0.2, 0) is 26.1 Å². The lowest BCUT2D eigenvalue weighted by atomic mass is 9.81. The van der Waals surface area contributed by atoms with Gasteiger partial charge in [0.1, 0.15) is 17.3 Å². The van der Waals surface area contributed by atoms with E-state index in [4.69, 9.17) is 15.2 Å². The average Bonchev–Trinajstić information content (AvgIpc) is 2.97. The Labute approximate surface area is 221 Å². The van der Waals surface area contributed by atoms with Crippen LogP contribution in [0.15, 0.2) is 58.9 Å². The number of rotatable bonds is 11. The molecule has 2 unspecified atom stereocenters. The third-order valence-corrected chi connectivity index (χ3v) is 9.64. The van der Waals surface area contributed by atoms with Crippen molar-refractivity contribution in [2.24, 2.45) is 11.1 Å². The fourth-order valence-corrected chi connectivity index (χ4v) is 6.39. The Hall–Kier alpha value is -2.45. The van der Waals surface area contributed by atoms with E-state index in [1.807, 2.05) is 30.9 Å². The molecule has 3 rings (SSSR count). The molecular weight excluding hydrogens is 511 g/mol. The van der Waals surface area contributed by atoms with Crippen LogP contribution in [0.5, 0.6) is 5.75 Å². The number of nitrogens with zero attached hydrogens (tertiary/aromatic N) is 1. The fraction of sp³-hybridized carbons (Fsp3) is 0.444. The van der Waals surface area contributed by atoms with Gasteiger partial charge in [-0.05, 0) is 61.6 Å². The maximum atomic E-state index is 13.4. The van der Waals surface area contributed by atoms with Crippen molar-refractivity contribution in [2.75, 3.05) is 25.9 Å². The zero-order valence-electron chi connectivity index (χ0n) is 21.9. The Bertz CT molecular complexity index is 1250. The normalized spacial score (nSPS) is 17.2. The molecule has 2 aromatic carbocycles. The van der Waals surface area contributed by atoms with Crippen LogP contribution in [0.3, 0.4) is 0 Å². The topological polar surface area (TPSA) is 119 Å². The summed E-state index contributed by atoms with van der Waals surface area (Å²) in [6, 6.07) is 12.2. The van der Waals surface area contributed by atoms with Crippen molar-refractivity contribution in [1.29, 1.82) is 0 Å². The van der Waals surface area contributed by atoms with Crippen molar-refractivity contribution in [2.45, 2.75) is 51.7 Å². The molecule has 202 valence electrons. The minimum Gasteiger partial charge on any atom is -0.491 e. The monoisotopic (exact) mass is 548 g/mol. The van der Waals surface area contributed by atoms with Crippen molar-refractivity contribution < 1.29 is 27.8 Å². The molecule has 0 bridgehead atoms. The van der Waals surface area contributed by atoms with Crippen molar-refractivity contribution in [3.05, 3.63) is 70.7 Å². The van der Waals surface area contributed by atoms with Crippen molar-refractivity contribution in [1.82, 2.24) is 4.31 Å². The maximum Gasteiger partial charge on any atom is 0.312 e. The molecule has 0 spiro atoms. The van der Waals surface area contributed by atoms with Gasteiger partial charge in [0.25, 0.3) is 0 Å². The Morgan fingerprint density at radius 3 is 2.73 bits per heavy atom. The van der Waals surface area contributed by atoms with E-state index >= 15 is 0 Å². The molecular formula is C27H37N2O6PS. The standard InChI is InChI=1S/C27H37N2O6PS/c1-5-14-36-18-22(28)17-35-25(27(3,4)26(30)31)20-11-10-19(2)21(15-20)16-29-12-13-34-23-8-6-7-9-24(23)37(29,32)33/h6-11,15,18,25,36H,5,12-14,16-17,28H2,1-4H3,(H,30,31)/b22-18-. The van der Waals surface area contributed by atoms with Crippen molar-refractivity contribution in [3.8, 4) is 5.75 Å². The second kappa shape index (κ2) is 12.4. The summed E-state index contributed by atoms with van der Waals surface area (Å²) in [6.07, 6.45) is 1.31. The molecule has 8 nitrogen and oxygen atoms in total. The quantitative estimate of drug-likeness (QED) is 0.310. The molecule has 1 aliphatic rings. The number of ether oxygens (including phenoxy) is 2. The molecule has 0 aliphatic carbocycles. The molecule has 10 heteroatoms. The van der Waals surface area contributed by atoms with Crippen LogP contribution in [0.25, 0.3) is 0 Å². The first-order chi connectivity index (χ1) is 17.5. The number of carboxylic acid groups (broad SMARTS) is 1. The molecule has 0 saturated heterocycles. The molecule has 1 heterocycles. The SMILES string of the molecule is CCCP/C=C(\N)COC(c1ccc(C)c(CN2CCOc3ccccc3S2(=O)=O)c1)C(C)(C)C(=O)O. The van der Waals surface area contributed by atoms with Crippen LogP contribution < -0.4 is 10.5 Å². The predicted octanol–water partition coefficient (Wildman–Crippen LogP) is 4.64. The van der Waals surface area contributed by atoms with Gasteiger partial charge in [0, 0.05) is 18.8 Å². The van der Waals surface area contributed by atoms with Gasteiger partial charge in [-0.2, -0.15) is 4.31 Å². The van der Waals surface area contributed by atoms with Gasteiger partial charge in [-0.1, -0.05) is 52.3 Å². The second-order valence-electron chi connectivity index (χ2n) is 9.71. The minimum absolute atomic E-state index is 0.107. The highest BCUT2D eigenvalue weighted by Crippen LogP contribution is 2.38. The predicted molar refractivity (Wildman–Crippen MR) is 147 cm³/mol. The maximum absolute atomic E-state index is 13.4. The van der Waals surface area contributed by atoms with Gasteiger partial charge < -0.3 is 20.3 Å². The lowest BCUT2D eigenvalue weighted by molar-refractivity contribution is -0.156. The second-order valence-corrected chi connectivity index (χ2v) is 12.8. The van der Waals surface area contributed by atoms with Gasteiger partial charge in [0.15, 0.2) is 0 Å². The molecule has 0 amide bonds. The summed E-state index contributed by atoms with van der Waals surface area (Å²) >= 11 is 0. The molecule has 3 N–H and O–H groups in total. The number of sulfonamides is 1. The van der Waals surface area contributed by atoms with E-state index < -0.39 is 27.5 Å². The Morgan fingerprint density at radius 2 is 2.03 bits per heavy atom. The molecule has 0 aromatic heterocycles. The van der Waals surface area contributed by atoms with Gasteiger partial charge in [-0.15, -0.1) is 0 Å². The number of fused-ring (bicyclic) bond motifs is 1. The van der Waals surface area contributed by atoms with Gasteiger partial charge in [0.05, 0.1) is 18.1 Å². The first kappa shape index (κ1) is 29.1. The third-order valence-electron chi connectivity index (χ3n) is 6.39. The summed E-state index contributed by atoms with van der Waals surface area (Å²) in [4.78, 5) is 12.3. The highest BCUT2D eigenvalue weighted by molar-refractivity contribution is 7.89. The number of carboxylic acids is 1. The number of para-hydroxylation sites is 1. The van der Waals surface area contributed by atoms with E-state index in [9.17, 15) is 18.3 Å². The van der Waals surface area contributed by atoms with Crippen LogP contribution >= 0.6 is 8.58 Å². The largest absolute Gasteiger partial charge is 0.491 e. The van der Waals surface area contributed by atoms with Gasteiger partial charge in [0.2, 0.25) is 10.0 Å². The number of carbonyl (C=O) groups is 1. The fourth-order valence-electron chi connectivity index (χ4n) is 4.08.